The second-order valence-corrected chi connectivity index (χ2v) is 6.67. The zero-order chi connectivity index (χ0) is 18.8. The van der Waals surface area contributed by atoms with Crippen LogP contribution in [-0.2, 0) is 0 Å². The highest BCUT2D eigenvalue weighted by molar-refractivity contribution is 7.13. The molecule has 4 aromatic rings. The van der Waals surface area contributed by atoms with Gasteiger partial charge in [-0.1, -0.05) is 24.3 Å². The summed E-state index contributed by atoms with van der Waals surface area (Å²) in [6.07, 6.45) is 0. The first-order valence-electron chi connectivity index (χ1n) is 8.07. The number of carbonyl (C=O) groups is 1. The lowest BCUT2D eigenvalue weighted by Crippen LogP contribution is -2.17. The van der Waals surface area contributed by atoms with E-state index < -0.39 is 17.5 Å². The summed E-state index contributed by atoms with van der Waals surface area (Å²) in [5.74, 6) is -1.93. The summed E-state index contributed by atoms with van der Waals surface area (Å²) in [5, 5.41) is 8.86. The number of hydrogen-bond acceptors (Lipinski definition) is 3. The van der Waals surface area contributed by atoms with E-state index in [9.17, 15) is 13.6 Å². The zero-order valence-electron chi connectivity index (χ0n) is 13.9. The lowest BCUT2D eigenvalue weighted by Gasteiger charge is -2.09. The number of anilines is 1. The molecule has 2 aromatic carbocycles. The number of aromatic nitrogens is 2. The molecule has 1 N–H and O–H groups in total. The molecule has 0 atom stereocenters. The Morgan fingerprint density at radius 2 is 1.81 bits per heavy atom. The summed E-state index contributed by atoms with van der Waals surface area (Å²) < 4.78 is 28.8. The lowest BCUT2D eigenvalue weighted by molar-refractivity contribution is 0.101. The van der Waals surface area contributed by atoms with Gasteiger partial charge in [-0.2, -0.15) is 5.10 Å². The van der Waals surface area contributed by atoms with Gasteiger partial charge in [0.25, 0.3) is 5.91 Å². The summed E-state index contributed by atoms with van der Waals surface area (Å²) in [6.45, 7) is 0. The van der Waals surface area contributed by atoms with E-state index in [2.05, 4.69) is 10.4 Å². The highest BCUT2D eigenvalue weighted by Crippen LogP contribution is 2.26. The van der Waals surface area contributed by atoms with Crippen molar-refractivity contribution < 1.29 is 13.6 Å². The Kier molecular flexibility index (Phi) is 4.52. The van der Waals surface area contributed by atoms with E-state index in [0.29, 0.717) is 11.4 Å². The van der Waals surface area contributed by atoms with E-state index in [-0.39, 0.29) is 11.4 Å². The van der Waals surface area contributed by atoms with E-state index in [4.69, 9.17) is 0 Å². The van der Waals surface area contributed by atoms with Crippen molar-refractivity contribution in [1.29, 1.82) is 0 Å². The van der Waals surface area contributed by atoms with Gasteiger partial charge >= 0.3 is 0 Å². The number of nitrogens with zero attached hydrogens (tertiary/aromatic N) is 2. The van der Waals surface area contributed by atoms with Crippen LogP contribution in [0.3, 0.4) is 0 Å². The Hall–Kier alpha value is -3.32. The minimum atomic E-state index is -0.714. The summed E-state index contributed by atoms with van der Waals surface area (Å²) >= 11 is 1.50. The van der Waals surface area contributed by atoms with E-state index in [0.717, 1.165) is 23.1 Å². The zero-order valence-corrected chi connectivity index (χ0v) is 14.7. The highest BCUT2D eigenvalue weighted by Gasteiger charge is 2.19. The molecule has 0 bridgehead atoms. The maximum Gasteiger partial charge on any atom is 0.274 e. The second kappa shape index (κ2) is 7.13. The molecule has 4 nitrogen and oxygen atoms in total. The Morgan fingerprint density at radius 1 is 1.00 bits per heavy atom. The largest absolute Gasteiger partial charge is 0.318 e. The van der Waals surface area contributed by atoms with E-state index in [1.165, 1.54) is 16.0 Å². The number of nitrogens with one attached hydrogen (secondary N) is 1. The van der Waals surface area contributed by atoms with Crippen LogP contribution in [0, 0.1) is 11.6 Å². The van der Waals surface area contributed by atoms with Crippen LogP contribution in [0.15, 0.2) is 72.1 Å². The van der Waals surface area contributed by atoms with Crippen LogP contribution < -0.4 is 5.32 Å². The molecule has 7 heteroatoms. The fourth-order valence-corrected chi connectivity index (χ4v) is 3.31. The average molecular weight is 381 g/mol. The minimum absolute atomic E-state index is 0.216. The van der Waals surface area contributed by atoms with Gasteiger partial charge < -0.3 is 5.32 Å². The molecule has 2 aromatic heterocycles. The number of benzene rings is 2. The maximum absolute atomic E-state index is 13.9. The Labute approximate surface area is 157 Å². The third-order valence-corrected chi connectivity index (χ3v) is 4.79. The van der Waals surface area contributed by atoms with Crippen LogP contribution in [0.2, 0.25) is 0 Å². The lowest BCUT2D eigenvalue weighted by atomic mass is 10.2. The molecular weight excluding hydrogens is 368 g/mol. The molecule has 27 heavy (non-hydrogen) atoms. The predicted octanol–water partition coefficient (Wildman–Crippen LogP) is 5.13. The topological polar surface area (TPSA) is 46.9 Å². The molecule has 0 saturated heterocycles. The smallest absolute Gasteiger partial charge is 0.274 e. The van der Waals surface area contributed by atoms with Crippen molar-refractivity contribution >= 4 is 22.9 Å². The van der Waals surface area contributed by atoms with Crippen molar-refractivity contribution in [2.75, 3.05) is 5.32 Å². The molecule has 0 radical (unpaired) electrons. The molecule has 0 saturated carbocycles. The van der Waals surface area contributed by atoms with Crippen molar-refractivity contribution in [3.05, 3.63) is 89.4 Å². The summed E-state index contributed by atoms with van der Waals surface area (Å²) in [6, 6.07) is 17.5. The van der Waals surface area contributed by atoms with Gasteiger partial charge in [-0.3, -0.25) is 4.79 Å². The summed E-state index contributed by atoms with van der Waals surface area (Å²) in [5.41, 5.74) is 1.30. The number of hydrogen-bond donors (Lipinski definition) is 1. The van der Waals surface area contributed by atoms with Crippen LogP contribution in [0.1, 0.15) is 10.5 Å². The quantitative estimate of drug-likeness (QED) is 0.533. The maximum atomic E-state index is 13.9. The number of carbonyl (C=O) groups excluding carboxylic acids is 1. The van der Waals surface area contributed by atoms with E-state index in [1.807, 2.05) is 47.8 Å². The number of para-hydroxylation sites is 1. The first kappa shape index (κ1) is 17.1. The van der Waals surface area contributed by atoms with Crippen molar-refractivity contribution in [3.8, 4) is 16.3 Å². The Bertz CT molecular complexity index is 1090. The van der Waals surface area contributed by atoms with Gasteiger partial charge in [0, 0.05) is 6.07 Å². The first-order valence-corrected chi connectivity index (χ1v) is 8.95. The van der Waals surface area contributed by atoms with Gasteiger partial charge in [-0.05, 0) is 41.8 Å². The monoisotopic (exact) mass is 381 g/mol. The third-order valence-electron chi connectivity index (χ3n) is 3.89. The Balaban J connectivity index is 1.76. The van der Waals surface area contributed by atoms with Gasteiger partial charge in [0.05, 0.1) is 16.3 Å². The van der Waals surface area contributed by atoms with Crippen molar-refractivity contribution in [1.82, 2.24) is 9.78 Å². The van der Waals surface area contributed by atoms with Crippen LogP contribution in [0.25, 0.3) is 16.3 Å². The van der Waals surface area contributed by atoms with Crippen LogP contribution in [0.5, 0.6) is 0 Å². The van der Waals surface area contributed by atoms with Gasteiger partial charge in [-0.25, -0.2) is 13.5 Å². The van der Waals surface area contributed by atoms with Gasteiger partial charge in [-0.15, -0.1) is 11.3 Å². The van der Waals surface area contributed by atoms with Crippen molar-refractivity contribution in [2.24, 2.45) is 0 Å². The van der Waals surface area contributed by atoms with Gasteiger partial charge in [0.1, 0.15) is 23.0 Å². The average Bonchev–Trinajstić information content (AvgIpc) is 3.35. The Morgan fingerprint density at radius 3 is 2.56 bits per heavy atom. The number of rotatable bonds is 4. The first-order chi connectivity index (χ1) is 13.1. The molecule has 0 unspecified atom stereocenters. The van der Waals surface area contributed by atoms with Crippen LogP contribution >= 0.6 is 11.3 Å². The normalized spacial score (nSPS) is 10.7. The van der Waals surface area contributed by atoms with Gasteiger partial charge in [0.15, 0.2) is 0 Å². The molecular formula is C20H13F2N3OS. The molecule has 0 aliphatic rings. The van der Waals surface area contributed by atoms with E-state index >= 15 is 0 Å². The molecule has 1 amide bonds. The summed E-state index contributed by atoms with van der Waals surface area (Å²) in [7, 11) is 0. The number of amides is 1. The van der Waals surface area contributed by atoms with E-state index in [1.54, 1.807) is 6.07 Å². The standard InChI is InChI=1S/C20H13F2N3OS/c21-13-8-9-15(22)16(11-13)23-20(26)18-12-17(19-7-4-10-27-19)24-25(18)14-5-2-1-3-6-14/h1-12H,(H,23,26). The summed E-state index contributed by atoms with van der Waals surface area (Å²) in [4.78, 5) is 13.7. The van der Waals surface area contributed by atoms with Crippen LogP contribution in [0.4, 0.5) is 14.5 Å². The highest BCUT2D eigenvalue weighted by atomic mass is 32.1. The number of halogens is 2. The predicted molar refractivity (Wildman–Crippen MR) is 101 cm³/mol. The fourth-order valence-electron chi connectivity index (χ4n) is 2.63. The number of thiophene rings is 1. The second-order valence-electron chi connectivity index (χ2n) is 5.72. The molecule has 0 aliphatic heterocycles. The van der Waals surface area contributed by atoms with Crippen molar-refractivity contribution in [2.45, 2.75) is 0 Å². The SMILES string of the molecule is O=C(Nc1cc(F)ccc1F)c1cc(-c2cccs2)nn1-c1ccccc1. The van der Waals surface area contributed by atoms with Gasteiger partial charge in [0.2, 0.25) is 0 Å². The third kappa shape index (κ3) is 3.50. The molecule has 0 aliphatic carbocycles. The molecule has 0 fully saturated rings. The molecule has 0 spiro atoms. The van der Waals surface area contributed by atoms with Crippen LogP contribution in [-0.4, -0.2) is 15.7 Å². The molecule has 2 heterocycles. The minimum Gasteiger partial charge on any atom is -0.318 e. The molecule has 134 valence electrons. The fraction of sp³-hybridized carbons (Fsp3) is 0. The molecule has 4 rings (SSSR count). The van der Waals surface area contributed by atoms with Crippen molar-refractivity contribution in [3.63, 3.8) is 0 Å².